The van der Waals surface area contributed by atoms with Crippen LogP contribution in [-0.2, 0) is 6.54 Å². The zero-order valence-electron chi connectivity index (χ0n) is 11.7. The van der Waals surface area contributed by atoms with Crippen molar-refractivity contribution in [3.63, 3.8) is 0 Å². The molecule has 0 unspecified atom stereocenters. The van der Waals surface area contributed by atoms with E-state index in [2.05, 4.69) is 43.4 Å². The lowest BCUT2D eigenvalue weighted by molar-refractivity contribution is 0.207. The Bertz CT molecular complexity index is 354. The molecule has 2 nitrogen and oxygen atoms in total. The Labute approximate surface area is 111 Å². The Morgan fingerprint density at radius 2 is 1.94 bits per heavy atom. The molecule has 0 saturated heterocycles. The van der Waals surface area contributed by atoms with Crippen LogP contribution in [0, 0.1) is 0 Å². The number of benzene rings is 1. The topological polar surface area (TPSA) is 21.3 Å². The van der Waals surface area contributed by atoms with Crippen LogP contribution in [0.2, 0.25) is 0 Å². The van der Waals surface area contributed by atoms with Crippen molar-refractivity contribution in [2.45, 2.75) is 58.0 Å². The Hall–Kier alpha value is -1.02. The molecule has 1 aromatic carbocycles. The van der Waals surface area contributed by atoms with Crippen molar-refractivity contribution in [3.05, 3.63) is 29.8 Å². The number of hydrogen-bond acceptors (Lipinski definition) is 2. The van der Waals surface area contributed by atoms with Gasteiger partial charge in [-0.15, -0.1) is 0 Å². The minimum Gasteiger partial charge on any atom is -0.494 e. The van der Waals surface area contributed by atoms with Crippen molar-refractivity contribution >= 4 is 0 Å². The molecule has 1 saturated carbocycles. The third-order valence-corrected chi connectivity index (χ3v) is 3.87. The predicted octanol–water partition coefficient (Wildman–Crippen LogP) is 3.90. The molecule has 0 aromatic heterocycles. The average molecular weight is 247 g/mol. The molecule has 1 fully saturated rings. The van der Waals surface area contributed by atoms with Crippen LogP contribution in [0.25, 0.3) is 0 Å². The molecule has 0 atom stereocenters. The van der Waals surface area contributed by atoms with Gasteiger partial charge in [-0.1, -0.05) is 25.5 Å². The summed E-state index contributed by atoms with van der Waals surface area (Å²) in [6, 6.07) is 8.48. The van der Waals surface area contributed by atoms with Crippen molar-refractivity contribution in [2.75, 3.05) is 6.61 Å². The van der Waals surface area contributed by atoms with Crippen LogP contribution >= 0.6 is 0 Å². The normalized spacial score (nSPS) is 17.2. The Balaban J connectivity index is 1.76. The van der Waals surface area contributed by atoms with E-state index in [0.717, 1.165) is 25.3 Å². The molecule has 1 aliphatic rings. The highest BCUT2D eigenvalue weighted by Gasteiger charge is 2.30. The first kappa shape index (κ1) is 13.4. The highest BCUT2D eigenvalue weighted by Crippen LogP contribution is 2.31. The number of rotatable bonds is 7. The molecule has 0 radical (unpaired) electrons. The minimum atomic E-state index is 0.385. The van der Waals surface area contributed by atoms with Gasteiger partial charge in [-0.3, -0.25) is 0 Å². The van der Waals surface area contributed by atoms with Crippen LogP contribution in [0.4, 0.5) is 0 Å². The maximum Gasteiger partial charge on any atom is 0.119 e. The number of nitrogens with one attached hydrogen (secondary N) is 1. The molecule has 18 heavy (non-hydrogen) atoms. The molecule has 0 aliphatic heterocycles. The Kier molecular flexibility index (Phi) is 4.65. The fraction of sp³-hybridized carbons (Fsp3) is 0.625. The van der Waals surface area contributed by atoms with Gasteiger partial charge in [0.2, 0.25) is 0 Å². The van der Waals surface area contributed by atoms with Crippen LogP contribution in [-0.4, -0.2) is 12.1 Å². The van der Waals surface area contributed by atoms with Gasteiger partial charge in [0.25, 0.3) is 0 Å². The van der Waals surface area contributed by atoms with E-state index in [4.69, 9.17) is 4.74 Å². The summed E-state index contributed by atoms with van der Waals surface area (Å²) in [7, 11) is 0. The summed E-state index contributed by atoms with van der Waals surface area (Å²) in [5.74, 6) is 0.988. The number of hydrogen-bond donors (Lipinski definition) is 1. The van der Waals surface area contributed by atoms with Gasteiger partial charge in [0.15, 0.2) is 0 Å². The van der Waals surface area contributed by atoms with Crippen LogP contribution < -0.4 is 10.1 Å². The van der Waals surface area contributed by atoms with E-state index in [-0.39, 0.29) is 0 Å². The summed E-state index contributed by atoms with van der Waals surface area (Å²) in [5, 5.41) is 3.64. The van der Waals surface area contributed by atoms with Gasteiger partial charge < -0.3 is 10.1 Å². The molecule has 1 aliphatic carbocycles. The quantitative estimate of drug-likeness (QED) is 0.738. The third-order valence-electron chi connectivity index (χ3n) is 3.87. The smallest absolute Gasteiger partial charge is 0.119 e. The molecule has 1 aromatic rings. The largest absolute Gasteiger partial charge is 0.494 e. The lowest BCUT2D eigenvalue weighted by Gasteiger charge is -2.39. The molecule has 0 heterocycles. The molecule has 0 spiro atoms. The standard InChI is InChI=1S/C16H25NO/c1-3-4-12-18-15-8-6-14(7-9-15)13-17-16(2)10-5-11-16/h6-9,17H,3-5,10-13H2,1-2H3. The first-order chi connectivity index (χ1) is 8.72. The third kappa shape index (κ3) is 3.74. The predicted molar refractivity (Wildman–Crippen MR) is 75.9 cm³/mol. The second kappa shape index (κ2) is 6.24. The van der Waals surface area contributed by atoms with Crippen molar-refractivity contribution in [1.29, 1.82) is 0 Å². The number of ether oxygens (including phenoxy) is 1. The first-order valence-corrected chi connectivity index (χ1v) is 7.19. The lowest BCUT2D eigenvalue weighted by Crippen LogP contribution is -2.47. The molecular formula is C16H25NO. The van der Waals surface area contributed by atoms with Crippen LogP contribution in [0.5, 0.6) is 5.75 Å². The zero-order valence-corrected chi connectivity index (χ0v) is 11.7. The molecule has 100 valence electrons. The Morgan fingerprint density at radius 1 is 1.22 bits per heavy atom. The molecule has 2 rings (SSSR count). The summed E-state index contributed by atoms with van der Waals surface area (Å²) in [4.78, 5) is 0. The molecular weight excluding hydrogens is 222 g/mol. The Morgan fingerprint density at radius 3 is 2.50 bits per heavy atom. The van der Waals surface area contributed by atoms with Gasteiger partial charge in [0, 0.05) is 12.1 Å². The summed E-state index contributed by atoms with van der Waals surface area (Å²) in [5.41, 5.74) is 1.72. The highest BCUT2D eigenvalue weighted by atomic mass is 16.5. The van der Waals surface area contributed by atoms with E-state index < -0.39 is 0 Å². The van der Waals surface area contributed by atoms with Gasteiger partial charge in [-0.2, -0.15) is 0 Å². The van der Waals surface area contributed by atoms with Gasteiger partial charge in [-0.05, 0) is 50.3 Å². The second-order valence-corrected chi connectivity index (χ2v) is 5.61. The van der Waals surface area contributed by atoms with Gasteiger partial charge in [0.1, 0.15) is 5.75 Å². The maximum absolute atomic E-state index is 5.66. The lowest BCUT2D eigenvalue weighted by atomic mass is 9.78. The first-order valence-electron chi connectivity index (χ1n) is 7.19. The van der Waals surface area contributed by atoms with Crippen molar-refractivity contribution in [3.8, 4) is 5.75 Å². The molecule has 1 N–H and O–H groups in total. The van der Waals surface area contributed by atoms with E-state index in [1.807, 2.05) is 0 Å². The SMILES string of the molecule is CCCCOc1ccc(CNC2(C)CCC2)cc1. The average Bonchev–Trinajstić information content (AvgIpc) is 2.36. The van der Waals surface area contributed by atoms with Gasteiger partial charge in [0.05, 0.1) is 6.61 Å². The van der Waals surface area contributed by atoms with E-state index in [0.29, 0.717) is 5.54 Å². The molecule has 0 amide bonds. The van der Waals surface area contributed by atoms with Crippen molar-refractivity contribution in [2.24, 2.45) is 0 Å². The zero-order chi connectivity index (χ0) is 12.8. The van der Waals surface area contributed by atoms with Crippen LogP contribution in [0.3, 0.4) is 0 Å². The fourth-order valence-corrected chi connectivity index (χ4v) is 2.24. The second-order valence-electron chi connectivity index (χ2n) is 5.61. The monoisotopic (exact) mass is 247 g/mol. The summed E-state index contributed by atoms with van der Waals surface area (Å²) in [6.45, 7) is 6.29. The number of unbranched alkanes of at least 4 members (excludes halogenated alkanes) is 1. The van der Waals surface area contributed by atoms with E-state index in [1.165, 1.54) is 31.2 Å². The van der Waals surface area contributed by atoms with Crippen LogP contribution in [0.15, 0.2) is 24.3 Å². The van der Waals surface area contributed by atoms with Crippen molar-refractivity contribution in [1.82, 2.24) is 5.32 Å². The summed E-state index contributed by atoms with van der Waals surface area (Å²) >= 11 is 0. The fourth-order valence-electron chi connectivity index (χ4n) is 2.24. The van der Waals surface area contributed by atoms with Gasteiger partial charge >= 0.3 is 0 Å². The summed E-state index contributed by atoms with van der Waals surface area (Å²) < 4.78 is 5.66. The van der Waals surface area contributed by atoms with Crippen molar-refractivity contribution < 1.29 is 4.74 Å². The van der Waals surface area contributed by atoms with Crippen LogP contribution in [0.1, 0.15) is 51.5 Å². The highest BCUT2D eigenvalue weighted by molar-refractivity contribution is 5.27. The van der Waals surface area contributed by atoms with E-state index in [1.54, 1.807) is 0 Å². The maximum atomic E-state index is 5.66. The van der Waals surface area contributed by atoms with E-state index in [9.17, 15) is 0 Å². The molecule has 0 bridgehead atoms. The van der Waals surface area contributed by atoms with E-state index >= 15 is 0 Å². The molecule has 2 heteroatoms. The minimum absolute atomic E-state index is 0.385. The summed E-state index contributed by atoms with van der Waals surface area (Å²) in [6.07, 6.45) is 6.30. The van der Waals surface area contributed by atoms with Gasteiger partial charge in [-0.25, -0.2) is 0 Å².